The predicted molar refractivity (Wildman–Crippen MR) is 82.2 cm³/mol. The van der Waals surface area contributed by atoms with Crippen LogP contribution in [0.15, 0.2) is 18.2 Å². The van der Waals surface area contributed by atoms with Crippen LogP contribution in [0.25, 0.3) is 0 Å². The van der Waals surface area contributed by atoms with Crippen LogP contribution >= 0.6 is 0 Å². The topological polar surface area (TPSA) is 59.1 Å². The van der Waals surface area contributed by atoms with E-state index in [2.05, 4.69) is 0 Å². The molecule has 1 saturated heterocycles. The number of methoxy groups -OCH3 is 1. The van der Waals surface area contributed by atoms with Crippen molar-refractivity contribution in [2.45, 2.75) is 13.8 Å². The minimum absolute atomic E-state index is 0.0192. The van der Waals surface area contributed by atoms with Crippen LogP contribution < -0.4 is 4.74 Å². The summed E-state index contributed by atoms with van der Waals surface area (Å²) in [6.45, 7) is 6.09. The molecule has 0 unspecified atom stereocenters. The maximum Gasteiger partial charge on any atom is 0.409 e. The van der Waals surface area contributed by atoms with E-state index >= 15 is 0 Å². The highest BCUT2D eigenvalue weighted by atomic mass is 16.6. The molecule has 2 amide bonds. The van der Waals surface area contributed by atoms with E-state index in [-0.39, 0.29) is 12.0 Å². The highest BCUT2D eigenvalue weighted by molar-refractivity contribution is 5.94. The molecule has 22 heavy (non-hydrogen) atoms. The van der Waals surface area contributed by atoms with E-state index in [9.17, 15) is 9.59 Å². The van der Waals surface area contributed by atoms with Gasteiger partial charge in [-0.2, -0.15) is 0 Å². The van der Waals surface area contributed by atoms with Gasteiger partial charge in [0, 0.05) is 31.7 Å². The van der Waals surface area contributed by atoms with Crippen molar-refractivity contribution in [3.05, 3.63) is 29.3 Å². The maximum atomic E-state index is 12.5. The average Bonchev–Trinajstić information content (AvgIpc) is 2.54. The van der Waals surface area contributed by atoms with Gasteiger partial charge < -0.3 is 19.3 Å². The summed E-state index contributed by atoms with van der Waals surface area (Å²) >= 11 is 0. The summed E-state index contributed by atoms with van der Waals surface area (Å²) in [7, 11) is 1.61. The van der Waals surface area contributed by atoms with Crippen LogP contribution in [0, 0.1) is 6.92 Å². The molecule has 6 heteroatoms. The molecule has 1 fully saturated rings. The van der Waals surface area contributed by atoms with E-state index in [1.165, 1.54) is 0 Å². The van der Waals surface area contributed by atoms with Gasteiger partial charge in [0.2, 0.25) is 0 Å². The van der Waals surface area contributed by atoms with E-state index in [4.69, 9.17) is 9.47 Å². The average molecular weight is 306 g/mol. The third-order valence-corrected chi connectivity index (χ3v) is 3.73. The minimum atomic E-state index is -0.310. The quantitative estimate of drug-likeness (QED) is 0.856. The molecule has 1 aliphatic heterocycles. The summed E-state index contributed by atoms with van der Waals surface area (Å²) in [6, 6.07) is 5.40. The van der Waals surface area contributed by atoms with Gasteiger partial charge in [-0.3, -0.25) is 4.79 Å². The van der Waals surface area contributed by atoms with Crippen molar-refractivity contribution in [3.8, 4) is 5.75 Å². The van der Waals surface area contributed by atoms with Gasteiger partial charge in [0.05, 0.1) is 13.7 Å². The number of carbonyl (C=O) groups excluding carboxylic acids is 2. The van der Waals surface area contributed by atoms with Gasteiger partial charge in [-0.1, -0.05) is 0 Å². The largest absolute Gasteiger partial charge is 0.496 e. The molecule has 2 rings (SSSR count). The smallest absolute Gasteiger partial charge is 0.409 e. The third-order valence-electron chi connectivity index (χ3n) is 3.73. The molecule has 0 spiro atoms. The van der Waals surface area contributed by atoms with Crippen LogP contribution in [0.2, 0.25) is 0 Å². The van der Waals surface area contributed by atoms with Crippen LogP contribution in [-0.2, 0) is 4.74 Å². The fourth-order valence-corrected chi connectivity index (χ4v) is 2.50. The lowest BCUT2D eigenvalue weighted by molar-refractivity contribution is 0.0570. The summed E-state index contributed by atoms with van der Waals surface area (Å²) in [5, 5.41) is 0. The highest BCUT2D eigenvalue weighted by Crippen LogP contribution is 2.20. The minimum Gasteiger partial charge on any atom is -0.496 e. The Morgan fingerprint density at radius 2 is 1.77 bits per heavy atom. The van der Waals surface area contributed by atoms with E-state index < -0.39 is 0 Å². The summed E-state index contributed by atoms with van der Waals surface area (Å²) in [5.41, 5.74) is 1.57. The number of amides is 2. The second-order valence-corrected chi connectivity index (χ2v) is 5.16. The van der Waals surface area contributed by atoms with Crippen molar-refractivity contribution in [2.75, 3.05) is 39.9 Å². The fourth-order valence-electron chi connectivity index (χ4n) is 2.50. The lowest BCUT2D eigenvalue weighted by Gasteiger charge is -2.34. The zero-order valence-corrected chi connectivity index (χ0v) is 13.3. The molecule has 0 saturated carbocycles. The van der Waals surface area contributed by atoms with Crippen molar-refractivity contribution >= 4 is 12.0 Å². The normalized spacial score (nSPS) is 14.7. The molecule has 0 bridgehead atoms. The van der Waals surface area contributed by atoms with Crippen LogP contribution in [0.3, 0.4) is 0 Å². The molecule has 0 radical (unpaired) electrons. The molecule has 0 aromatic heterocycles. The summed E-state index contributed by atoms with van der Waals surface area (Å²) in [5.74, 6) is 0.748. The first-order chi connectivity index (χ1) is 10.6. The zero-order valence-electron chi connectivity index (χ0n) is 13.3. The summed E-state index contributed by atoms with van der Waals surface area (Å²) < 4.78 is 10.2. The predicted octanol–water partition coefficient (Wildman–Crippen LogP) is 1.92. The Morgan fingerprint density at radius 1 is 1.14 bits per heavy atom. The molecule has 120 valence electrons. The molecule has 0 aliphatic carbocycles. The van der Waals surface area contributed by atoms with Gasteiger partial charge in [0.15, 0.2) is 0 Å². The first kappa shape index (κ1) is 16.1. The number of benzene rings is 1. The van der Waals surface area contributed by atoms with Gasteiger partial charge >= 0.3 is 6.09 Å². The number of rotatable bonds is 3. The van der Waals surface area contributed by atoms with E-state index in [0.717, 1.165) is 11.3 Å². The standard InChI is InChI=1S/C16H22N2O4/c1-4-22-16(20)18-9-7-17(8-10-18)15(19)13-5-6-14(21-3)12(2)11-13/h5-6,11H,4,7-10H2,1-3H3. The van der Waals surface area contributed by atoms with Crippen LogP contribution in [-0.4, -0.2) is 61.7 Å². The Kier molecular flexibility index (Phi) is 5.25. The summed E-state index contributed by atoms with van der Waals surface area (Å²) in [6.07, 6.45) is -0.310. The van der Waals surface area contributed by atoms with Crippen LogP contribution in [0.4, 0.5) is 4.79 Å². The lowest BCUT2D eigenvalue weighted by Crippen LogP contribution is -2.50. The monoisotopic (exact) mass is 306 g/mol. The van der Waals surface area contributed by atoms with Gasteiger partial charge in [0.1, 0.15) is 5.75 Å². The second-order valence-electron chi connectivity index (χ2n) is 5.16. The van der Waals surface area contributed by atoms with Crippen LogP contribution in [0.1, 0.15) is 22.8 Å². The molecule has 1 aromatic carbocycles. The van der Waals surface area contributed by atoms with Crippen molar-refractivity contribution in [1.29, 1.82) is 0 Å². The number of nitrogens with zero attached hydrogens (tertiary/aromatic N) is 2. The Bertz CT molecular complexity index is 551. The first-order valence-corrected chi connectivity index (χ1v) is 7.42. The highest BCUT2D eigenvalue weighted by Gasteiger charge is 2.25. The van der Waals surface area contributed by atoms with E-state index in [0.29, 0.717) is 38.3 Å². The van der Waals surface area contributed by atoms with Crippen molar-refractivity contribution in [3.63, 3.8) is 0 Å². The maximum absolute atomic E-state index is 12.5. The molecule has 6 nitrogen and oxygen atoms in total. The Hall–Kier alpha value is -2.24. The number of carbonyl (C=O) groups is 2. The van der Waals surface area contributed by atoms with E-state index in [1.54, 1.807) is 36.0 Å². The molecule has 0 N–H and O–H groups in total. The number of hydrogen-bond acceptors (Lipinski definition) is 4. The van der Waals surface area contributed by atoms with Crippen molar-refractivity contribution < 1.29 is 19.1 Å². The fraction of sp³-hybridized carbons (Fsp3) is 0.500. The molecular formula is C16H22N2O4. The Labute approximate surface area is 130 Å². The number of hydrogen-bond donors (Lipinski definition) is 0. The van der Waals surface area contributed by atoms with Crippen molar-refractivity contribution in [1.82, 2.24) is 9.80 Å². The summed E-state index contributed by atoms with van der Waals surface area (Å²) in [4.78, 5) is 27.5. The number of aryl methyl sites for hydroxylation is 1. The SMILES string of the molecule is CCOC(=O)N1CCN(C(=O)c2ccc(OC)c(C)c2)CC1. The van der Waals surface area contributed by atoms with Gasteiger partial charge in [-0.15, -0.1) is 0 Å². The second kappa shape index (κ2) is 7.15. The molecule has 1 aliphatic rings. The Morgan fingerprint density at radius 3 is 2.32 bits per heavy atom. The molecular weight excluding hydrogens is 284 g/mol. The molecule has 1 aromatic rings. The van der Waals surface area contributed by atoms with Gasteiger partial charge in [0.25, 0.3) is 5.91 Å². The van der Waals surface area contributed by atoms with E-state index in [1.807, 2.05) is 13.0 Å². The molecule has 1 heterocycles. The van der Waals surface area contributed by atoms with Gasteiger partial charge in [-0.25, -0.2) is 4.79 Å². The first-order valence-electron chi connectivity index (χ1n) is 7.42. The van der Waals surface area contributed by atoms with Crippen molar-refractivity contribution in [2.24, 2.45) is 0 Å². The lowest BCUT2D eigenvalue weighted by atomic mass is 10.1. The zero-order chi connectivity index (χ0) is 16.1. The molecule has 0 atom stereocenters. The van der Waals surface area contributed by atoms with Crippen LogP contribution in [0.5, 0.6) is 5.75 Å². The Balaban J connectivity index is 1.98. The number of piperazine rings is 1. The third kappa shape index (κ3) is 3.50. The number of ether oxygens (including phenoxy) is 2. The van der Waals surface area contributed by atoms with Gasteiger partial charge in [-0.05, 0) is 37.6 Å².